The molecule has 0 bridgehead atoms. The summed E-state index contributed by atoms with van der Waals surface area (Å²) >= 11 is 2.46. The summed E-state index contributed by atoms with van der Waals surface area (Å²) in [6, 6.07) is 19.4. The van der Waals surface area contributed by atoms with E-state index in [-0.39, 0.29) is 46.4 Å². The van der Waals surface area contributed by atoms with Crippen LogP contribution >= 0.6 is 23.3 Å². The lowest BCUT2D eigenvalue weighted by Gasteiger charge is -2.50. The topological polar surface area (TPSA) is 156 Å². The molecule has 2 fully saturated rings. The number of rotatable bonds is 9. The Morgan fingerprint density at radius 1 is 1.07 bits per heavy atom. The van der Waals surface area contributed by atoms with Crippen molar-refractivity contribution in [2.75, 3.05) is 52.7 Å². The van der Waals surface area contributed by atoms with E-state index in [0.717, 1.165) is 41.3 Å². The number of nitrogens with one attached hydrogen (secondary N) is 1. The second-order valence-electron chi connectivity index (χ2n) is 11.1. The Kier molecular flexibility index (Phi) is 9.51. The van der Waals surface area contributed by atoms with E-state index < -0.39 is 17.3 Å². The number of nitrogens with two attached hydrogens (primary N) is 1. The normalized spacial score (nSPS) is 21.7. The van der Waals surface area contributed by atoms with E-state index in [1.54, 1.807) is 27.8 Å². The molecule has 0 saturated carbocycles. The summed E-state index contributed by atoms with van der Waals surface area (Å²) in [5, 5.41) is 6.12. The number of benzene rings is 2. The molecular weight excluding hydrogens is 629 g/mol. The number of nitrogen functional groups attached to an aromatic ring is 1. The van der Waals surface area contributed by atoms with Gasteiger partial charge in [0.05, 0.1) is 0 Å². The molecule has 3 amide bonds. The first-order valence-corrected chi connectivity index (χ1v) is 16.5. The highest BCUT2D eigenvalue weighted by Gasteiger charge is 2.53. The number of carbonyl (C=O) groups excluding carboxylic acids is 3. The van der Waals surface area contributed by atoms with Crippen LogP contribution in [0.15, 0.2) is 77.6 Å². The van der Waals surface area contributed by atoms with Crippen molar-refractivity contribution in [1.29, 1.82) is 0 Å². The fraction of sp³-hybridized carbons (Fsp3) is 0.355. The molecule has 4 heterocycles. The number of fused-ring (bicyclic) bond motifs is 1. The number of oxime groups is 1. The molecule has 0 radical (unpaired) electrons. The van der Waals surface area contributed by atoms with E-state index in [0.29, 0.717) is 13.1 Å². The zero-order chi connectivity index (χ0) is 32.2. The summed E-state index contributed by atoms with van der Waals surface area (Å²) in [6.45, 7) is 2.76. The van der Waals surface area contributed by atoms with Gasteiger partial charge in [-0.3, -0.25) is 9.59 Å². The maximum atomic E-state index is 13.4. The number of aromatic nitrogens is 2. The highest BCUT2D eigenvalue weighted by Crippen LogP contribution is 2.48. The number of anilines is 1. The first-order valence-electron chi connectivity index (χ1n) is 14.7. The third-order valence-electron chi connectivity index (χ3n) is 8.12. The van der Waals surface area contributed by atoms with Gasteiger partial charge in [0.15, 0.2) is 5.13 Å². The number of β-lactam (4-membered cyclic amide) rings is 1. The van der Waals surface area contributed by atoms with Gasteiger partial charge in [-0.15, -0.1) is 11.8 Å². The lowest BCUT2D eigenvalue weighted by Crippen LogP contribution is -2.69. The molecule has 3 atom stereocenters. The highest BCUT2D eigenvalue weighted by molar-refractivity contribution is 8.01. The highest BCUT2D eigenvalue weighted by atomic mass is 32.2. The van der Waals surface area contributed by atoms with E-state index in [1.165, 1.54) is 7.11 Å². The van der Waals surface area contributed by atoms with Crippen LogP contribution in [0.3, 0.4) is 0 Å². The van der Waals surface area contributed by atoms with Crippen LogP contribution in [-0.2, 0) is 19.2 Å². The maximum absolute atomic E-state index is 13.4. The van der Waals surface area contributed by atoms with Crippen LogP contribution in [0.2, 0.25) is 0 Å². The standard InChI is InChI=1S/C31H34N8O5S2/c1-37-13-15-38(16-14-37)31(42)44-18-21-17-39-28(41)24(33-27(40)23(35-43-2)26-34-30(32)46-36-26)29(39)45-25(21)22(19-9-5-3-6-10-19)20-11-7-4-8-12-20/h3-12,17,22,24-25,29H,13-16,18H2,1-2H3,(H,33,40)(H2,32,34,36)/t24?,25?,29-/m1/s1. The van der Waals surface area contributed by atoms with Crippen molar-refractivity contribution in [3.8, 4) is 0 Å². The summed E-state index contributed by atoms with van der Waals surface area (Å²) < 4.78 is 9.95. The van der Waals surface area contributed by atoms with Gasteiger partial charge in [-0.2, -0.15) is 9.36 Å². The van der Waals surface area contributed by atoms with E-state index in [4.69, 9.17) is 15.3 Å². The molecule has 3 aromatic rings. The largest absolute Gasteiger partial charge is 0.445 e. The van der Waals surface area contributed by atoms with Gasteiger partial charge in [0.25, 0.3) is 11.8 Å². The average Bonchev–Trinajstić information content (AvgIpc) is 3.51. The Hall–Kier alpha value is -4.47. The monoisotopic (exact) mass is 662 g/mol. The second kappa shape index (κ2) is 13.9. The predicted octanol–water partition coefficient (Wildman–Crippen LogP) is 2.34. The first kappa shape index (κ1) is 31.5. The molecular formula is C31H34N8O5S2. The molecule has 0 aliphatic carbocycles. The van der Waals surface area contributed by atoms with Crippen LogP contribution in [0.25, 0.3) is 0 Å². The Morgan fingerprint density at radius 3 is 2.30 bits per heavy atom. The molecule has 6 rings (SSSR count). The van der Waals surface area contributed by atoms with Gasteiger partial charge in [-0.1, -0.05) is 65.8 Å². The van der Waals surface area contributed by atoms with Crippen LogP contribution in [0.1, 0.15) is 22.9 Å². The molecule has 13 nitrogen and oxygen atoms in total. The van der Waals surface area contributed by atoms with Crippen LogP contribution < -0.4 is 11.1 Å². The molecule has 1 aromatic heterocycles. The summed E-state index contributed by atoms with van der Waals surface area (Å²) in [6.07, 6.45) is 1.40. The Balaban J connectivity index is 1.28. The fourth-order valence-corrected chi connectivity index (χ4v) is 7.85. The van der Waals surface area contributed by atoms with Crippen LogP contribution in [-0.4, -0.2) is 111 Å². The molecule has 240 valence electrons. The van der Waals surface area contributed by atoms with Crippen molar-refractivity contribution in [3.05, 3.63) is 89.4 Å². The van der Waals surface area contributed by atoms with Gasteiger partial charge in [0.1, 0.15) is 25.1 Å². The summed E-state index contributed by atoms with van der Waals surface area (Å²) in [5.41, 5.74) is 8.47. The summed E-state index contributed by atoms with van der Waals surface area (Å²) in [5.74, 6) is -1.08. The smallest absolute Gasteiger partial charge is 0.410 e. The molecule has 15 heteroatoms. The Bertz CT molecular complexity index is 1590. The van der Waals surface area contributed by atoms with Gasteiger partial charge < -0.3 is 35.3 Å². The summed E-state index contributed by atoms with van der Waals surface area (Å²) in [4.78, 5) is 54.2. The minimum Gasteiger partial charge on any atom is -0.445 e. The van der Waals surface area contributed by atoms with E-state index >= 15 is 0 Å². The van der Waals surface area contributed by atoms with Crippen LogP contribution in [0, 0.1) is 0 Å². The van der Waals surface area contributed by atoms with Crippen molar-refractivity contribution in [2.45, 2.75) is 22.6 Å². The van der Waals surface area contributed by atoms with Crippen molar-refractivity contribution < 1.29 is 24.0 Å². The number of piperazine rings is 1. The maximum Gasteiger partial charge on any atom is 0.410 e. The molecule has 46 heavy (non-hydrogen) atoms. The lowest BCUT2D eigenvalue weighted by molar-refractivity contribution is -0.144. The van der Waals surface area contributed by atoms with E-state index in [1.807, 2.05) is 43.4 Å². The minimum absolute atomic E-state index is 0.0113. The number of hydrogen-bond donors (Lipinski definition) is 2. The average molecular weight is 663 g/mol. The number of carbonyl (C=O) groups is 3. The summed E-state index contributed by atoms with van der Waals surface area (Å²) in [7, 11) is 3.33. The van der Waals surface area contributed by atoms with Crippen molar-refractivity contribution in [3.63, 3.8) is 0 Å². The zero-order valence-electron chi connectivity index (χ0n) is 25.3. The van der Waals surface area contributed by atoms with E-state index in [9.17, 15) is 14.4 Å². The van der Waals surface area contributed by atoms with E-state index in [2.05, 4.69) is 49.0 Å². The van der Waals surface area contributed by atoms with Crippen molar-refractivity contribution >= 4 is 52.0 Å². The number of ether oxygens (including phenoxy) is 1. The van der Waals surface area contributed by atoms with Crippen molar-refractivity contribution in [1.82, 2.24) is 29.4 Å². The number of hydrogen-bond acceptors (Lipinski definition) is 12. The third-order valence-corrected chi connectivity index (χ3v) is 10.3. The number of amides is 3. The van der Waals surface area contributed by atoms with Crippen molar-refractivity contribution in [2.24, 2.45) is 5.16 Å². The van der Waals surface area contributed by atoms with Crippen LogP contribution in [0.4, 0.5) is 9.93 Å². The fourth-order valence-electron chi connectivity index (χ4n) is 5.71. The molecule has 2 unspecified atom stereocenters. The minimum atomic E-state index is -0.851. The molecule has 3 aliphatic rings. The number of likely N-dealkylation sites (N-methyl/N-ethyl adjacent to an activating group) is 1. The molecule has 0 spiro atoms. The second-order valence-corrected chi connectivity index (χ2v) is 13.1. The SMILES string of the molecule is CON=C(C(=O)NC1C(=O)N2C=C(COC(=O)N3CCN(C)CC3)C(C(c3ccccc3)c3ccccc3)S[C@H]12)c1nsc(N)n1. The number of nitrogens with zero attached hydrogens (tertiary/aromatic N) is 6. The van der Waals surface area contributed by atoms with Gasteiger partial charge in [-0.25, -0.2) is 4.79 Å². The molecule has 2 aromatic carbocycles. The lowest BCUT2D eigenvalue weighted by atomic mass is 9.85. The zero-order valence-corrected chi connectivity index (χ0v) is 26.9. The van der Waals surface area contributed by atoms with Crippen LogP contribution in [0.5, 0.6) is 0 Å². The molecule has 3 aliphatic heterocycles. The van der Waals surface area contributed by atoms with Gasteiger partial charge in [0.2, 0.25) is 11.5 Å². The van der Waals surface area contributed by atoms with Gasteiger partial charge in [-0.05, 0) is 23.7 Å². The Labute approximate surface area is 274 Å². The predicted molar refractivity (Wildman–Crippen MR) is 175 cm³/mol. The molecule has 3 N–H and O–H groups in total. The first-order chi connectivity index (χ1) is 22.3. The molecule has 2 saturated heterocycles. The quantitative estimate of drug-likeness (QED) is 0.198. The third kappa shape index (κ3) is 6.57. The van der Waals surface area contributed by atoms with Gasteiger partial charge >= 0.3 is 6.09 Å². The number of thioether (sulfide) groups is 1. The Morgan fingerprint density at radius 2 is 1.72 bits per heavy atom. The van der Waals surface area contributed by atoms with Gasteiger partial charge in [0, 0.05) is 55.1 Å².